The molecule has 1 fully saturated rings. The summed E-state index contributed by atoms with van der Waals surface area (Å²) in [6.07, 6.45) is 3.77. The smallest absolute Gasteiger partial charge is 0.0662 e. The van der Waals surface area contributed by atoms with Gasteiger partial charge in [0.05, 0.1) is 6.10 Å². The lowest BCUT2D eigenvalue weighted by molar-refractivity contribution is -0.156. The minimum Gasteiger partial charge on any atom is -0.378 e. The number of nitrogens with two attached hydrogens (primary N) is 1. The molecule has 0 radical (unpaired) electrons. The molecule has 1 aliphatic rings. The van der Waals surface area contributed by atoms with Crippen molar-refractivity contribution in [3.8, 4) is 0 Å². The number of likely N-dealkylation sites (N-methyl/N-ethyl adjacent to an activating group) is 1. The van der Waals surface area contributed by atoms with Crippen molar-refractivity contribution in [2.75, 3.05) is 20.2 Å². The molecule has 0 amide bonds. The number of rotatable bonds is 7. The number of ether oxygens (including phenoxy) is 1. The molecule has 3 heteroatoms. The van der Waals surface area contributed by atoms with Crippen molar-refractivity contribution in [2.24, 2.45) is 11.1 Å². The van der Waals surface area contributed by atoms with Crippen molar-refractivity contribution in [3.05, 3.63) is 0 Å². The zero-order chi connectivity index (χ0) is 14.0. The standard InChI is InChI=1S/C15H32N2O/c1-7-9-12(3)17(6)11-15(16)10-13(18-8-2)14(15,4)5/h12-13H,7-11,16H2,1-6H3. The predicted molar refractivity (Wildman–Crippen MR) is 77.7 cm³/mol. The summed E-state index contributed by atoms with van der Waals surface area (Å²) in [5, 5.41) is 0. The van der Waals surface area contributed by atoms with Crippen LogP contribution >= 0.6 is 0 Å². The van der Waals surface area contributed by atoms with Crippen LogP contribution in [0.5, 0.6) is 0 Å². The van der Waals surface area contributed by atoms with E-state index in [1.165, 1.54) is 12.8 Å². The second kappa shape index (κ2) is 5.89. The van der Waals surface area contributed by atoms with E-state index in [0.717, 1.165) is 19.6 Å². The summed E-state index contributed by atoms with van der Waals surface area (Å²) in [6.45, 7) is 12.8. The Hall–Kier alpha value is -0.120. The first-order valence-corrected chi connectivity index (χ1v) is 7.39. The number of nitrogens with zero attached hydrogens (tertiary/aromatic N) is 1. The average molecular weight is 256 g/mol. The SMILES string of the molecule is CCCC(C)N(C)CC1(N)CC(OCC)C1(C)C. The minimum absolute atomic E-state index is 0.0726. The Morgan fingerprint density at radius 3 is 2.44 bits per heavy atom. The molecule has 0 saturated heterocycles. The van der Waals surface area contributed by atoms with Gasteiger partial charge < -0.3 is 15.4 Å². The van der Waals surface area contributed by atoms with Gasteiger partial charge in [-0.3, -0.25) is 0 Å². The fourth-order valence-corrected chi connectivity index (χ4v) is 3.01. The molecule has 108 valence electrons. The second-order valence-electron chi connectivity index (χ2n) is 6.58. The van der Waals surface area contributed by atoms with Crippen LogP contribution in [0.4, 0.5) is 0 Å². The maximum atomic E-state index is 6.61. The van der Waals surface area contributed by atoms with Crippen LogP contribution in [0, 0.1) is 5.41 Å². The molecular formula is C15H32N2O. The number of hydrogen-bond donors (Lipinski definition) is 1. The summed E-state index contributed by atoms with van der Waals surface area (Å²) in [4.78, 5) is 2.41. The monoisotopic (exact) mass is 256 g/mol. The summed E-state index contributed by atoms with van der Waals surface area (Å²) in [5.41, 5.74) is 6.58. The van der Waals surface area contributed by atoms with Crippen molar-refractivity contribution in [3.63, 3.8) is 0 Å². The molecule has 1 saturated carbocycles. The third-order valence-corrected chi connectivity index (χ3v) is 5.00. The van der Waals surface area contributed by atoms with Gasteiger partial charge in [0.2, 0.25) is 0 Å². The Morgan fingerprint density at radius 2 is 2.00 bits per heavy atom. The van der Waals surface area contributed by atoms with E-state index >= 15 is 0 Å². The molecule has 3 atom stereocenters. The lowest BCUT2D eigenvalue weighted by atomic mass is 9.54. The lowest BCUT2D eigenvalue weighted by Crippen LogP contribution is -2.73. The molecule has 0 aromatic rings. The highest BCUT2D eigenvalue weighted by Crippen LogP contribution is 2.50. The van der Waals surface area contributed by atoms with E-state index in [0.29, 0.717) is 12.1 Å². The zero-order valence-electron chi connectivity index (χ0n) is 13.1. The summed E-state index contributed by atoms with van der Waals surface area (Å²) >= 11 is 0. The van der Waals surface area contributed by atoms with Crippen molar-refractivity contribution in [1.29, 1.82) is 0 Å². The van der Waals surface area contributed by atoms with Crippen LogP contribution in [0.1, 0.15) is 53.9 Å². The molecule has 0 aromatic heterocycles. The minimum atomic E-state index is -0.108. The van der Waals surface area contributed by atoms with E-state index in [4.69, 9.17) is 10.5 Å². The molecule has 3 unspecified atom stereocenters. The highest BCUT2D eigenvalue weighted by Gasteiger charge is 2.58. The second-order valence-corrected chi connectivity index (χ2v) is 6.58. The predicted octanol–water partition coefficient (Wildman–Crippen LogP) is 2.64. The molecule has 0 aromatic carbocycles. The van der Waals surface area contributed by atoms with E-state index < -0.39 is 0 Å². The van der Waals surface area contributed by atoms with E-state index in [9.17, 15) is 0 Å². The van der Waals surface area contributed by atoms with Crippen LogP contribution in [-0.2, 0) is 4.74 Å². The van der Waals surface area contributed by atoms with Gasteiger partial charge in [0.1, 0.15) is 0 Å². The maximum absolute atomic E-state index is 6.61. The van der Waals surface area contributed by atoms with Gasteiger partial charge in [-0.1, -0.05) is 27.2 Å². The fourth-order valence-electron chi connectivity index (χ4n) is 3.01. The van der Waals surface area contributed by atoms with E-state index in [2.05, 4.69) is 46.6 Å². The van der Waals surface area contributed by atoms with Gasteiger partial charge in [-0.15, -0.1) is 0 Å². The van der Waals surface area contributed by atoms with Crippen molar-refractivity contribution in [1.82, 2.24) is 4.90 Å². The van der Waals surface area contributed by atoms with E-state index in [1.807, 2.05) is 0 Å². The van der Waals surface area contributed by atoms with Gasteiger partial charge in [0.15, 0.2) is 0 Å². The molecule has 0 aliphatic heterocycles. The fraction of sp³-hybridized carbons (Fsp3) is 1.00. The van der Waals surface area contributed by atoms with Gasteiger partial charge >= 0.3 is 0 Å². The quantitative estimate of drug-likeness (QED) is 0.761. The van der Waals surface area contributed by atoms with Crippen LogP contribution < -0.4 is 5.73 Å². The summed E-state index contributed by atoms with van der Waals surface area (Å²) in [5.74, 6) is 0. The van der Waals surface area contributed by atoms with Crippen molar-refractivity contribution >= 4 is 0 Å². The molecular weight excluding hydrogens is 224 g/mol. The van der Waals surface area contributed by atoms with Gasteiger partial charge in [0.25, 0.3) is 0 Å². The Morgan fingerprint density at radius 1 is 1.39 bits per heavy atom. The molecule has 3 nitrogen and oxygen atoms in total. The zero-order valence-corrected chi connectivity index (χ0v) is 13.1. The molecule has 18 heavy (non-hydrogen) atoms. The molecule has 1 aliphatic carbocycles. The van der Waals surface area contributed by atoms with Crippen LogP contribution in [-0.4, -0.2) is 42.8 Å². The molecule has 0 bridgehead atoms. The highest BCUT2D eigenvalue weighted by atomic mass is 16.5. The molecule has 2 N–H and O–H groups in total. The largest absolute Gasteiger partial charge is 0.378 e. The molecule has 1 rings (SSSR count). The Balaban J connectivity index is 2.57. The summed E-state index contributed by atoms with van der Waals surface area (Å²) in [7, 11) is 2.19. The third-order valence-electron chi connectivity index (χ3n) is 5.00. The first kappa shape index (κ1) is 15.9. The van der Waals surface area contributed by atoms with Crippen LogP contribution in [0.25, 0.3) is 0 Å². The third kappa shape index (κ3) is 2.89. The van der Waals surface area contributed by atoms with E-state index in [1.54, 1.807) is 0 Å². The normalized spacial score (nSPS) is 32.3. The molecule has 0 spiro atoms. The van der Waals surface area contributed by atoms with Crippen LogP contribution in [0.3, 0.4) is 0 Å². The van der Waals surface area contributed by atoms with Crippen molar-refractivity contribution < 1.29 is 4.74 Å². The van der Waals surface area contributed by atoms with E-state index in [-0.39, 0.29) is 11.0 Å². The van der Waals surface area contributed by atoms with Crippen LogP contribution in [0.2, 0.25) is 0 Å². The summed E-state index contributed by atoms with van der Waals surface area (Å²) in [6, 6.07) is 0.609. The van der Waals surface area contributed by atoms with Crippen LogP contribution in [0.15, 0.2) is 0 Å². The van der Waals surface area contributed by atoms with Crippen molar-refractivity contribution in [2.45, 2.75) is 71.6 Å². The average Bonchev–Trinajstić information content (AvgIpc) is 2.29. The summed E-state index contributed by atoms with van der Waals surface area (Å²) < 4.78 is 5.78. The first-order valence-electron chi connectivity index (χ1n) is 7.39. The molecule has 0 heterocycles. The van der Waals surface area contributed by atoms with Gasteiger partial charge in [-0.2, -0.15) is 0 Å². The Labute approximate surface area is 113 Å². The number of hydrogen-bond acceptors (Lipinski definition) is 3. The van der Waals surface area contributed by atoms with Gasteiger partial charge in [0, 0.05) is 30.1 Å². The van der Waals surface area contributed by atoms with Gasteiger partial charge in [-0.05, 0) is 33.7 Å². The Kier molecular flexibility index (Phi) is 5.22. The lowest BCUT2D eigenvalue weighted by Gasteiger charge is -2.60. The van der Waals surface area contributed by atoms with Gasteiger partial charge in [-0.25, -0.2) is 0 Å². The highest BCUT2D eigenvalue weighted by molar-refractivity contribution is 5.14. The first-order chi connectivity index (χ1) is 8.28. The topological polar surface area (TPSA) is 38.5 Å². The maximum Gasteiger partial charge on any atom is 0.0662 e. The Bertz CT molecular complexity index is 267.